The maximum atomic E-state index is 13.1. The van der Waals surface area contributed by atoms with Crippen LogP contribution < -0.4 is 5.32 Å². The highest BCUT2D eigenvalue weighted by atomic mass is 16.6. The van der Waals surface area contributed by atoms with Crippen molar-refractivity contribution in [2.45, 2.75) is 71.0 Å². The molecule has 2 atom stereocenters. The van der Waals surface area contributed by atoms with E-state index in [1.165, 1.54) is 0 Å². The highest BCUT2D eigenvalue weighted by Crippen LogP contribution is 2.28. The SMILES string of the molecule is CC(C)(C)OC(=O)N[C@@]1(C(=O)OC(C)(C)C)COC[C@H]1OCc1ccccc1. The molecule has 156 valence electrons. The van der Waals surface area contributed by atoms with Crippen LogP contribution >= 0.6 is 0 Å². The molecule has 28 heavy (non-hydrogen) atoms. The third-order valence-electron chi connectivity index (χ3n) is 3.93. The van der Waals surface area contributed by atoms with E-state index in [2.05, 4.69) is 5.32 Å². The highest BCUT2D eigenvalue weighted by molar-refractivity contribution is 5.87. The maximum absolute atomic E-state index is 13.1. The van der Waals surface area contributed by atoms with Gasteiger partial charge in [-0.1, -0.05) is 30.3 Å². The first-order chi connectivity index (χ1) is 12.9. The number of ether oxygens (including phenoxy) is 4. The van der Waals surface area contributed by atoms with Gasteiger partial charge in [0, 0.05) is 0 Å². The Balaban J connectivity index is 2.22. The van der Waals surface area contributed by atoms with E-state index in [0.29, 0.717) is 0 Å². The van der Waals surface area contributed by atoms with E-state index in [4.69, 9.17) is 18.9 Å². The molecule has 0 saturated carbocycles. The molecule has 0 radical (unpaired) electrons. The molecule has 1 aliphatic rings. The van der Waals surface area contributed by atoms with Gasteiger partial charge in [-0.3, -0.25) is 0 Å². The minimum atomic E-state index is -1.48. The van der Waals surface area contributed by atoms with Gasteiger partial charge in [-0.05, 0) is 47.1 Å². The Labute approximate surface area is 166 Å². The number of nitrogens with one attached hydrogen (secondary N) is 1. The van der Waals surface area contributed by atoms with E-state index < -0.39 is 34.9 Å². The largest absolute Gasteiger partial charge is 0.458 e. The van der Waals surface area contributed by atoms with E-state index in [1.54, 1.807) is 41.5 Å². The van der Waals surface area contributed by atoms with E-state index in [9.17, 15) is 9.59 Å². The Kier molecular flexibility index (Phi) is 6.72. The molecule has 1 aromatic rings. The van der Waals surface area contributed by atoms with Crippen LogP contribution in [0.2, 0.25) is 0 Å². The summed E-state index contributed by atoms with van der Waals surface area (Å²) >= 11 is 0. The Bertz CT molecular complexity index is 676. The second-order valence-electron chi connectivity index (χ2n) is 8.90. The Morgan fingerprint density at radius 1 is 1.07 bits per heavy atom. The van der Waals surface area contributed by atoms with Crippen LogP contribution in [0.15, 0.2) is 30.3 Å². The van der Waals surface area contributed by atoms with Gasteiger partial charge < -0.3 is 24.3 Å². The van der Waals surface area contributed by atoms with Crippen molar-refractivity contribution in [1.29, 1.82) is 0 Å². The predicted molar refractivity (Wildman–Crippen MR) is 104 cm³/mol. The molecule has 0 aromatic heterocycles. The van der Waals surface area contributed by atoms with Crippen LogP contribution in [0.25, 0.3) is 0 Å². The molecule has 7 nitrogen and oxygen atoms in total. The zero-order valence-corrected chi connectivity index (χ0v) is 17.5. The van der Waals surface area contributed by atoms with Crippen molar-refractivity contribution in [2.24, 2.45) is 0 Å². The van der Waals surface area contributed by atoms with Crippen LogP contribution in [0.3, 0.4) is 0 Å². The standard InChI is InChI=1S/C21H31NO6/c1-19(2,3)27-17(23)21(22-18(24)28-20(4,5)6)14-25-13-16(21)26-12-15-10-8-7-9-11-15/h7-11,16H,12-14H2,1-6H3,(H,22,24)/t16-,21+/m1/s1. The first-order valence-electron chi connectivity index (χ1n) is 9.39. The quantitative estimate of drug-likeness (QED) is 0.774. The number of alkyl carbamates (subject to hydrolysis) is 1. The minimum absolute atomic E-state index is 0.0549. The average Bonchev–Trinajstić information content (AvgIpc) is 2.94. The summed E-state index contributed by atoms with van der Waals surface area (Å²) in [5.41, 5.74) is -1.97. The molecule has 0 bridgehead atoms. The fourth-order valence-electron chi connectivity index (χ4n) is 2.74. The van der Waals surface area contributed by atoms with Gasteiger partial charge in [-0.2, -0.15) is 0 Å². The summed E-state index contributed by atoms with van der Waals surface area (Å²) in [4.78, 5) is 25.5. The number of amides is 1. The van der Waals surface area contributed by atoms with Crippen LogP contribution in [-0.4, -0.2) is 48.1 Å². The van der Waals surface area contributed by atoms with Gasteiger partial charge in [0.2, 0.25) is 0 Å². The molecule has 0 spiro atoms. The number of rotatable bonds is 5. The number of carbonyl (C=O) groups is 2. The van der Waals surface area contributed by atoms with Gasteiger partial charge in [-0.25, -0.2) is 9.59 Å². The molecule has 2 rings (SSSR count). The Hall–Kier alpha value is -2.12. The van der Waals surface area contributed by atoms with Crippen molar-refractivity contribution >= 4 is 12.1 Å². The summed E-state index contributed by atoms with van der Waals surface area (Å²) in [6.45, 7) is 10.9. The van der Waals surface area contributed by atoms with Gasteiger partial charge in [0.25, 0.3) is 0 Å². The smallest absolute Gasteiger partial charge is 0.408 e. The summed E-state index contributed by atoms with van der Waals surface area (Å²) in [5, 5.41) is 2.67. The molecule has 1 fully saturated rings. The van der Waals surface area contributed by atoms with Crippen molar-refractivity contribution < 1.29 is 28.5 Å². The summed E-state index contributed by atoms with van der Waals surface area (Å²) in [6.07, 6.45) is -1.44. The number of carbonyl (C=O) groups excluding carboxylic acids is 2. The van der Waals surface area contributed by atoms with Crippen LogP contribution in [0.1, 0.15) is 47.1 Å². The molecule has 1 heterocycles. The molecular weight excluding hydrogens is 362 g/mol. The van der Waals surface area contributed by atoms with Crippen LogP contribution in [0.5, 0.6) is 0 Å². The monoisotopic (exact) mass is 393 g/mol. The van der Waals surface area contributed by atoms with E-state index >= 15 is 0 Å². The van der Waals surface area contributed by atoms with Gasteiger partial charge in [0.05, 0.1) is 19.8 Å². The fourth-order valence-corrected chi connectivity index (χ4v) is 2.74. The summed E-state index contributed by atoms with van der Waals surface area (Å²) in [5.74, 6) is -0.610. The van der Waals surface area contributed by atoms with Crippen LogP contribution in [0.4, 0.5) is 4.79 Å². The van der Waals surface area contributed by atoms with Gasteiger partial charge in [-0.15, -0.1) is 0 Å². The molecule has 0 unspecified atom stereocenters. The molecule has 1 saturated heterocycles. The molecule has 7 heteroatoms. The molecule has 1 aliphatic heterocycles. The summed E-state index contributed by atoms with van der Waals surface area (Å²) in [7, 11) is 0. The molecule has 1 amide bonds. The van der Waals surface area contributed by atoms with Crippen LogP contribution in [-0.2, 0) is 30.3 Å². The first kappa shape index (κ1) is 22.2. The Morgan fingerprint density at radius 3 is 2.25 bits per heavy atom. The lowest BCUT2D eigenvalue weighted by Crippen LogP contribution is -2.64. The van der Waals surface area contributed by atoms with Crippen molar-refractivity contribution in [3.8, 4) is 0 Å². The highest BCUT2D eigenvalue weighted by Gasteiger charge is 2.55. The summed E-state index contributed by atoms with van der Waals surface area (Å²) in [6, 6.07) is 9.57. The van der Waals surface area contributed by atoms with E-state index in [-0.39, 0.29) is 19.8 Å². The number of hydrogen-bond acceptors (Lipinski definition) is 6. The van der Waals surface area contributed by atoms with Crippen LogP contribution in [0, 0.1) is 0 Å². The molecular formula is C21H31NO6. The fraction of sp³-hybridized carbons (Fsp3) is 0.619. The second-order valence-corrected chi connectivity index (χ2v) is 8.90. The molecule has 1 aromatic carbocycles. The second kappa shape index (κ2) is 8.49. The van der Waals surface area contributed by atoms with Crippen molar-refractivity contribution in [3.05, 3.63) is 35.9 Å². The first-order valence-corrected chi connectivity index (χ1v) is 9.39. The van der Waals surface area contributed by atoms with E-state index in [0.717, 1.165) is 5.56 Å². The minimum Gasteiger partial charge on any atom is -0.458 e. The van der Waals surface area contributed by atoms with Gasteiger partial charge in [0.1, 0.15) is 17.3 Å². The summed E-state index contributed by atoms with van der Waals surface area (Å²) < 4.78 is 22.4. The van der Waals surface area contributed by atoms with Gasteiger partial charge >= 0.3 is 12.1 Å². The van der Waals surface area contributed by atoms with E-state index in [1.807, 2.05) is 30.3 Å². The van der Waals surface area contributed by atoms with Crippen molar-refractivity contribution in [3.63, 3.8) is 0 Å². The molecule has 1 N–H and O–H groups in total. The lowest BCUT2D eigenvalue weighted by atomic mass is 9.95. The van der Waals surface area contributed by atoms with Crippen molar-refractivity contribution in [1.82, 2.24) is 5.32 Å². The number of benzene rings is 1. The lowest BCUT2D eigenvalue weighted by molar-refractivity contribution is -0.168. The third kappa shape index (κ3) is 6.21. The zero-order chi connectivity index (χ0) is 21.0. The molecule has 0 aliphatic carbocycles. The normalized spacial score (nSPS) is 22.6. The van der Waals surface area contributed by atoms with Gasteiger partial charge in [0.15, 0.2) is 5.54 Å². The topological polar surface area (TPSA) is 83.1 Å². The van der Waals surface area contributed by atoms with Crippen molar-refractivity contribution in [2.75, 3.05) is 13.2 Å². The number of hydrogen-bond donors (Lipinski definition) is 1. The third-order valence-corrected chi connectivity index (χ3v) is 3.93. The zero-order valence-electron chi connectivity index (χ0n) is 17.5. The number of esters is 1. The predicted octanol–water partition coefficient (Wildman–Crippen LogP) is 3.21. The Morgan fingerprint density at radius 2 is 1.68 bits per heavy atom. The maximum Gasteiger partial charge on any atom is 0.408 e. The lowest BCUT2D eigenvalue weighted by Gasteiger charge is -2.35. The average molecular weight is 393 g/mol.